The second-order valence-corrected chi connectivity index (χ2v) is 5.63. The first-order chi connectivity index (χ1) is 8.65. The quantitative estimate of drug-likeness (QED) is 0.673. The molecule has 2 rings (SSSR count). The summed E-state index contributed by atoms with van der Waals surface area (Å²) in [6.45, 7) is 4.58. The molecule has 1 aromatic heterocycles. The molecule has 1 fully saturated rings. The van der Waals surface area contributed by atoms with Crippen molar-refractivity contribution < 1.29 is 9.53 Å². The number of nitrogens with one attached hydrogen (secondary N) is 1. The zero-order valence-corrected chi connectivity index (χ0v) is 11.5. The lowest BCUT2D eigenvalue weighted by Gasteiger charge is -2.12. The van der Waals surface area contributed by atoms with Crippen LogP contribution in [0.2, 0.25) is 0 Å². The zero-order valence-electron chi connectivity index (χ0n) is 10.7. The topological polar surface area (TPSA) is 50.7 Å². The molecule has 0 unspecified atom stereocenters. The molecule has 1 saturated carbocycles. The van der Waals surface area contributed by atoms with Crippen LogP contribution in [0.5, 0.6) is 0 Å². The van der Waals surface area contributed by atoms with Crippen LogP contribution in [0.3, 0.4) is 0 Å². The van der Waals surface area contributed by atoms with E-state index in [4.69, 9.17) is 4.74 Å². The first-order valence-electron chi connectivity index (χ1n) is 6.21. The Morgan fingerprint density at radius 2 is 2.39 bits per heavy atom. The van der Waals surface area contributed by atoms with Gasteiger partial charge in [-0.25, -0.2) is 4.99 Å². The number of aliphatic imine (C=N–C) groups is 1. The summed E-state index contributed by atoms with van der Waals surface area (Å²) in [6.07, 6.45) is 2.47. The Labute approximate surface area is 111 Å². The molecule has 18 heavy (non-hydrogen) atoms. The van der Waals surface area contributed by atoms with Crippen molar-refractivity contribution in [3.63, 3.8) is 0 Å². The van der Waals surface area contributed by atoms with Crippen LogP contribution in [0.1, 0.15) is 36.4 Å². The summed E-state index contributed by atoms with van der Waals surface area (Å²) in [4.78, 5) is 16.9. The molecular weight excluding hydrogens is 248 g/mol. The number of amides is 1. The smallest absolute Gasteiger partial charge is 0.291 e. The molecule has 1 aromatic rings. The number of amidine groups is 1. The predicted octanol–water partition coefficient (Wildman–Crippen LogP) is 2.67. The predicted molar refractivity (Wildman–Crippen MR) is 73.0 cm³/mol. The highest BCUT2D eigenvalue weighted by atomic mass is 32.1. The largest absolute Gasteiger partial charge is 0.462 e. The van der Waals surface area contributed by atoms with Crippen LogP contribution in [0.4, 0.5) is 0 Å². The molecule has 0 aliphatic heterocycles. The number of nitrogens with zero attached hydrogens (tertiary/aromatic N) is 1. The Balaban J connectivity index is 1.95. The summed E-state index contributed by atoms with van der Waals surface area (Å²) >= 11 is 1.41. The molecule has 0 radical (unpaired) electrons. The molecule has 0 atom stereocenters. The van der Waals surface area contributed by atoms with Gasteiger partial charge in [0.1, 0.15) is 0 Å². The standard InChI is InChI=1S/C13H18N2O2S/c1-9(2)17-13(14-8-10-5-6-10)15-12(16)11-4-3-7-18-11/h3-4,7,9-10H,5-6,8H2,1-2H3,(H,14,15,16). The van der Waals surface area contributed by atoms with Crippen LogP contribution in [0, 0.1) is 5.92 Å². The lowest BCUT2D eigenvalue weighted by Crippen LogP contribution is -2.34. The minimum Gasteiger partial charge on any atom is -0.462 e. The maximum Gasteiger partial charge on any atom is 0.291 e. The fourth-order valence-corrected chi connectivity index (χ4v) is 2.03. The van der Waals surface area contributed by atoms with Crippen molar-refractivity contribution in [2.24, 2.45) is 10.9 Å². The number of thiophene rings is 1. The number of hydrogen-bond acceptors (Lipinski definition) is 4. The monoisotopic (exact) mass is 266 g/mol. The number of ether oxygens (including phenoxy) is 1. The second kappa shape index (κ2) is 6.00. The van der Waals surface area contributed by atoms with Crippen LogP contribution in [0.15, 0.2) is 22.5 Å². The molecule has 0 spiro atoms. The Hall–Kier alpha value is -1.36. The molecule has 1 N–H and O–H groups in total. The third-order valence-corrected chi connectivity index (χ3v) is 3.37. The van der Waals surface area contributed by atoms with Crippen LogP contribution in [-0.2, 0) is 4.74 Å². The van der Waals surface area contributed by atoms with Gasteiger partial charge in [0.2, 0.25) is 0 Å². The Bertz CT molecular complexity index is 422. The van der Waals surface area contributed by atoms with Crippen LogP contribution >= 0.6 is 11.3 Å². The average Bonchev–Trinajstić information content (AvgIpc) is 2.97. The first kappa shape index (κ1) is 13.1. The molecule has 1 heterocycles. The summed E-state index contributed by atoms with van der Waals surface area (Å²) in [5, 5.41) is 4.61. The number of carbonyl (C=O) groups is 1. The normalized spacial score (nSPS) is 15.8. The molecule has 0 aromatic carbocycles. The Morgan fingerprint density at radius 3 is 2.94 bits per heavy atom. The van der Waals surface area contributed by atoms with E-state index in [2.05, 4.69) is 10.3 Å². The molecule has 5 heteroatoms. The summed E-state index contributed by atoms with van der Waals surface area (Å²) in [7, 11) is 0. The van der Waals surface area contributed by atoms with Gasteiger partial charge < -0.3 is 4.74 Å². The van der Waals surface area contributed by atoms with Crippen molar-refractivity contribution in [3.05, 3.63) is 22.4 Å². The molecule has 1 aliphatic carbocycles. The lowest BCUT2D eigenvalue weighted by molar-refractivity contribution is 0.0963. The minimum atomic E-state index is -0.153. The van der Waals surface area contributed by atoms with E-state index in [0.717, 1.165) is 6.54 Å². The number of hydrogen-bond donors (Lipinski definition) is 1. The summed E-state index contributed by atoms with van der Waals surface area (Å²) in [5.41, 5.74) is 0. The van der Waals surface area contributed by atoms with E-state index in [1.54, 1.807) is 6.07 Å². The van der Waals surface area contributed by atoms with Gasteiger partial charge in [0, 0.05) is 6.54 Å². The maximum atomic E-state index is 11.9. The molecular formula is C13H18N2O2S. The number of rotatable bonds is 4. The summed E-state index contributed by atoms with van der Waals surface area (Å²) in [6, 6.07) is 3.98. The van der Waals surface area contributed by atoms with Crippen LogP contribution in [-0.4, -0.2) is 24.6 Å². The van der Waals surface area contributed by atoms with E-state index in [0.29, 0.717) is 16.8 Å². The molecule has 1 amide bonds. The minimum absolute atomic E-state index is 0.00610. The van der Waals surface area contributed by atoms with Gasteiger partial charge in [0.15, 0.2) is 0 Å². The van der Waals surface area contributed by atoms with E-state index < -0.39 is 0 Å². The van der Waals surface area contributed by atoms with Crippen molar-refractivity contribution >= 4 is 23.3 Å². The van der Waals surface area contributed by atoms with Crippen LogP contribution < -0.4 is 5.32 Å². The Morgan fingerprint density at radius 1 is 1.61 bits per heavy atom. The highest BCUT2D eigenvalue weighted by Crippen LogP contribution is 2.28. The van der Waals surface area contributed by atoms with Crippen molar-refractivity contribution in [1.29, 1.82) is 0 Å². The average molecular weight is 266 g/mol. The van der Waals surface area contributed by atoms with Gasteiger partial charge in [-0.3, -0.25) is 10.1 Å². The molecule has 1 aliphatic rings. The highest BCUT2D eigenvalue weighted by Gasteiger charge is 2.21. The van der Waals surface area contributed by atoms with Gasteiger partial charge >= 0.3 is 0 Å². The van der Waals surface area contributed by atoms with Crippen molar-refractivity contribution in [1.82, 2.24) is 5.32 Å². The molecule has 4 nitrogen and oxygen atoms in total. The fraction of sp³-hybridized carbons (Fsp3) is 0.538. The number of carbonyl (C=O) groups excluding carboxylic acids is 1. The van der Waals surface area contributed by atoms with E-state index in [9.17, 15) is 4.79 Å². The van der Waals surface area contributed by atoms with E-state index in [1.807, 2.05) is 25.3 Å². The SMILES string of the molecule is CC(C)OC(=NCC1CC1)NC(=O)c1cccs1. The van der Waals surface area contributed by atoms with Crippen molar-refractivity contribution in [2.45, 2.75) is 32.8 Å². The Kier molecular flexibility index (Phi) is 4.36. The van der Waals surface area contributed by atoms with Crippen molar-refractivity contribution in [3.8, 4) is 0 Å². The highest BCUT2D eigenvalue weighted by molar-refractivity contribution is 7.12. The summed E-state index contributed by atoms with van der Waals surface area (Å²) < 4.78 is 5.52. The van der Waals surface area contributed by atoms with Gasteiger partial charge in [0.25, 0.3) is 11.9 Å². The fourth-order valence-electron chi connectivity index (χ4n) is 1.41. The maximum absolute atomic E-state index is 11.9. The molecule has 98 valence electrons. The zero-order chi connectivity index (χ0) is 13.0. The van der Waals surface area contributed by atoms with E-state index in [1.165, 1.54) is 24.2 Å². The van der Waals surface area contributed by atoms with Gasteiger partial charge in [-0.2, -0.15) is 0 Å². The van der Waals surface area contributed by atoms with Crippen molar-refractivity contribution in [2.75, 3.05) is 6.54 Å². The third kappa shape index (κ3) is 4.14. The second-order valence-electron chi connectivity index (χ2n) is 4.69. The van der Waals surface area contributed by atoms with Crippen LogP contribution in [0.25, 0.3) is 0 Å². The van der Waals surface area contributed by atoms with E-state index in [-0.39, 0.29) is 12.0 Å². The third-order valence-electron chi connectivity index (χ3n) is 2.50. The van der Waals surface area contributed by atoms with Gasteiger partial charge in [-0.05, 0) is 44.1 Å². The first-order valence-corrected chi connectivity index (χ1v) is 7.09. The molecule has 0 saturated heterocycles. The lowest BCUT2D eigenvalue weighted by atomic mass is 10.4. The van der Waals surface area contributed by atoms with Gasteiger partial charge in [-0.1, -0.05) is 6.07 Å². The van der Waals surface area contributed by atoms with Gasteiger partial charge in [0.05, 0.1) is 11.0 Å². The van der Waals surface area contributed by atoms with E-state index >= 15 is 0 Å². The summed E-state index contributed by atoms with van der Waals surface area (Å²) in [5.74, 6) is 0.523. The van der Waals surface area contributed by atoms with Gasteiger partial charge in [-0.15, -0.1) is 11.3 Å². The molecule has 0 bridgehead atoms.